The van der Waals surface area contributed by atoms with E-state index in [0.29, 0.717) is 5.56 Å². The van der Waals surface area contributed by atoms with Crippen LogP contribution in [-0.4, -0.2) is 41.0 Å². The van der Waals surface area contributed by atoms with Gasteiger partial charge in [-0.3, -0.25) is 19.8 Å². The van der Waals surface area contributed by atoms with Crippen LogP contribution in [0.5, 0.6) is 11.5 Å². The van der Waals surface area contributed by atoms with Gasteiger partial charge >= 0.3 is 6.03 Å². The summed E-state index contributed by atoms with van der Waals surface area (Å²) in [5.41, 5.74) is 0.250. The van der Waals surface area contributed by atoms with E-state index in [1.165, 1.54) is 25.3 Å². The van der Waals surface area contributed by atoms with E-state index in [9.17, 15) is 19.5 Å². The van der Waals surface area contributed by atoms with Crippen molar-refractivity contribution in [2.45, 2.75) is 38.1 Å². The first kappa shape index (κ1) is 18.3. The van der Waals surface area contributed by atoms with Crippen LogP contribution in [0.3, 0.4) is 0 Å². The van der Waals surface area contributed by atoms with E-state index in [1.54, 1.807) is 0 Å². The van der Waals surface area contributed by atoms with Gasteiger partial charge in [-0.2, -0.15) is 0 Å². The second kappa shape index (κ2) is 7.37. The molecule has 7 nitrogen and oxygen atoms in total. The number of benzene rings is 1. The van der Waals surface area contributed by atoms with Crippen molar-refractivity contribution in [1.82, 2.24) is 10.2 Å². The summed E-state index contributed by atoms with van der Waals surface area (Å²) in [4.78, 5) is 38.3. The number of ether oxygens (including phenoxy) is 1. The molecule has 0 unspecified atom stereocenters. The van der Waals surface area contributed by atoms with Crippen molar-refractivity contribution in [1.29, 1.82) is 0 Å². The predicted molar refractivity (Wildman–Crippen MR) is 94.9 cm³/mol. The zero-order valence-corrected chi connectivity index (χ0v) is 15.0. The van der Waals surface area contributed by atoms with Gasteiger partial charge in [-0.05, 0) is 36.6 Å². The predicted octanol–water partition coefficient (Wildman–Crippen LogP) is 2.85. The number of hydrogen-bond acceptors (Lipinski definition) is 5. The molecule has 138 valence electrons. The monoisotopic (exact) mass is 378 g/mol. The van der Waals surface area contributed by atoms with Gasteiger partial charge < -0.3 is 9.84 Å². The molecular formula is C18H19ClN2O5. The minimum Gasteiger partial charge on any atom is -0.503 e. The average Bonchev–Trinajstić information content (AvgIpc) is 2.62. The molecule has 0 spiro atoms. The Morgan fingerprint density at radius 3 is 2.58 bits per heavy atom. The fraction of sp³-hybridized carbons (Fsp3) is 0.389. The van der Waals surface area contributed by atoms with Gasteiger partial charge in [-0.1, -0.05) is 30.9 Å². The number of amides is 4. The zero-order valence-electron chi connectivity index (χ0n) is 14.3. The number of imide groups is 2. The molecule has 1 heterocycles. The molecule has 1 aliphatic carbocycles. The number of hydrogen-bond donors (Lipinski definition) is 2. The van der Waals surface area contributed by atoms with E-state index in [1.807, 2.05) is 0 Å². The third-order valence-electron chi connectivity index (χ3n) is 4.65. The largest absolute Gasteiger partial charge is 0.503 e. The Labute approximate surface area is 155 Å². The first-order valence-corrected chi connectivity index (χ1v) is 8.77. The maximum absolute atomic E-state index is 12.8. The lowest BCUT2D eigenvalue weighted by Gasteiger charge is -2.35. The maximum atomic E-state index is 12.8. The van der Waals surface area contributed by atoms with Crippen LogP contribution in [0.25, 0.3) is 6.08 Å². The second-order valence-corrected chi connectivity index (χ2v) is 6.75. The van der Waals surface area contributed by atoms with Crippen molar-refractivity contribution in [2.75, 3.05) is 7.11 Å². The second-order valence-electron chi connectivity index (χ2n) is 6.34. The van der Waals surface area contributed by atoms with Crippen LogP contribution in [0.15, 0.2) is 17.7 Å². The number of carbonyl (C=O) groups is 3. The summed E-state index contributed by atoms with van der Waals surface area (Å²) in [6.07, 6.45) is 5.78. The van der Waals surface area contributed by atoms with E-state index in [-0.39, 0.29) is 28.1 Å². The number of urea groups is 1. The quantitative estimate of drug-likeness (QED) is 0.622. The van der Waals surface area contributed by atoms with Gasteiger partial charge in [0.1, 0.15) is 5.57 Å². The number of nitrogens with zero attached hydrogens (tertiary/aromatic N) is 1. The zero-order chi connectivity index (χ0) is 18.8. The third kappa shape index (κ3) is 3.39. The van der Waals surface area contributed by atoms with Gasteiger partial charge in [0.15, 0.2) is 11.5 Å². The first-order valence-electron chi connectivity index (χ1n) is 8.39. The highest BCUT2D eigenvalue weighted by molar-refractivity contribution is 6.33. The standard InChI is InChI=1S/C18H19ClN2O5/c1-26-14-9-10(8-13(19)15(14)22)7-12-16(23)20-18(25)21(17(12)24)11-5-3-2-4-6-11/h7-9,11,22H,2-6H2,1H3,(H,20,23,25)/b12-7-. The number of rotatable bonds is 3. The van der Waals surface area contributed by atoms with Gasteiger partial charge in [0, 0.05) is 6.04 Å². The summed E-state index contributed by atoms with van der Waals surface area (Å²) in [5, 5.41) is 12.1. The fourth-order valence-corrected chi connectivity index (χ4v) is 3.56. The Hall–Kier alpha value is -2.54. The average molecular weight is 379 g/mol. The summed E-state index contributed by atoms with van der Waals surface area (Å²) < 4.78 is 5.03. The molecule has 1 aromatic carbocycles. The van der Waals surface area contributed by atoms with Gasteiger partial charge in [-0.15, -0.1) is 0 Å². The topological polar surface area (TPSA) is 95.9 Å². The van der Waals surface area contributed by atoms with Gasteiger partial charge in [0.05, 0.1) is 12.1 Å². The van der Waals surface area contributed by atoms with Crippen LogP contribution in [0.2, 0.25) is 5.02 Å². The summed E-state index contributed by atoms with van der Waals surface area (Å²) in [6, 6.07) is 1.99. The summed E-state index contributed by atoms with van der Waals surface area (Å²) in [6.45, 7) is 0. The number of aromatic hydroxyl groups is 1. The highest BCUT2D eigenvalue weighted by atomic mass is 35.5. The molecule has 2 aliphatic rings. The van der Waals surface area contributed by atoms with E-state index >= 15 is 0 Å². The van der Waals surface area contributed by atoms with Crippen LogP contribution < -0.4 is 10.1 Å². The van der Waals surface area contributed by atoms with Crippen molar-refractivity contribution in [3.8, 4) is 11.5 Å². The minimum atomic E-state index is -0.754. The lowest BCUT2D eigenvalue weighted by molar-refractivity contribution is -0.132. The Morgan fingerprint density at radius 1 is 1.23 bits per heavy atom. The Kier molecular flexibility index (Phi) is 5.18. The van der Waals surface area contributed by atoms with Crippen LogP contribution >= 0.6 is 11.6 Å². The van der Waals surface area contributed by atoms with E-state index in [0.717, 1.165) is 37.0 Å². The highest BCUT2D eigenvalue weighted by Gasteiger charge is 2.40. The molecule has 1 aliphatic heterocycles. The number of methoxy groups -OCH3 is 1. The Balaban J connectivity index is 1.96. The van der Waals surface area contributed by atoms with Gasteiger partial charge in [0.2, 0.25) is 0 Å². The Morgan fingerprint density at radius 2 is 1.92 bits per heavy atom. The minimum absolute atomic E-state index is 0.0279. The number of barbiturate groups is 1. The van der Waals surface area contributed by atoms with Crippen LogP contribution in [-0.2, 0) is 9.59 Å². The molecule has 1 saturated heterocycles. The Bertz CT molecular complexity index is 799. The summed E-state index contributed by atoms with van der Waals surface area (Å²) >= 11 is 5.95. The molecule has 2 N–H and O–H groups in total. The molecule has 4 amide bonds. The van der Waals surface area contributed by atoms with E-state index < -0.39 is 17.8 Å². The number of halogens is 1. The molecule has 0 atom stereocenters. The smallest absolute Gasteiger partial charge is 0.331 e. The highest BCUT2D eigenvalue weighted by Crippen LogP contribution is 2.36. The molecular weight excluding hydrogens is 360 g/mol. The number of phenolic OH excluding ortho intramolecular Hbond substituents is 1. The van der Waals surface area contributed by atoms with E-state index in [2.05, 4.69) is 5.32 Å². The third-order valence-corrected chi connectivity index (χ3v) is 4.94. The molecule has 0 radical (unpaired) electrons. The van der Waals surface area contributed by atoms with E-state index in [4.69, 9.17) is 16.3 Å². The normalized spacial score (nSPS) is 20.5. The van der Waals surface area contributed by atoms with Crippen molar-refractivity contribution < 1.29 is 24.2 Å². The molecule has 2 fully saturated rings. The molecule has 26 heavy (non-hydrogen) atoms. The summed E-state index contributed by atoms with van der Waals surface area (Å²) in [7, 11) is 1.37. The van der Waals surface area contributed by atoms with Crippen molar-refractivity contribution >= 4 is 35.5 Å². The fourth-order valence-electron chi connectivity index (χ4n) is 3.34. The number of nitrogens with one attached hydrogen (secondary N) is 1. The maximum Gasteiger partial charge on any atom is 0.331 e. The van der Waals surface area contributed by atoms with Crippen molar-refractivity contribution in [3.05, 3.63) is 28.3 Å². The molecule has 1 aromatic rings. The molecule has 1 saturated carbocycles. The number of phenols is 1. The summed E-state index contributed by atoms with van der Waals surface area (Å²) in [5.74, 6) is -1.48. The number of carbonyl (C=O) groups excluding carboxylic acids is 3. The van der Waals surface area contributed by atoms with Gasteiger partial charge in [-0.25, -0.2) is 4.79 Å². The lowest BCUT2D eigenvalue weighted by atomic mass is 9.93. The molecule has 0 aromatic heterocycles. The van der Waals surface area contributed by atoms with Crippen LogP contribution in [0, 0.1) is 0 Å². The van der Waals surface area contributed by atoms with Crippen molar-refractivity contribution in [3.63, 3.8) is 0 Å². The molecule has 0 bridgehead atoms. The van der Waals surface area contributed by atoms with Crippen LogP contribution in [0.1, 0.15) is 37.7 Å². The van der Waals surface area contributed by atoms with Crippen molar-refractivity contribution in [2.24, 2.45) is 0 Å². The van der Waals surface area contributed by atoms with Gasteiger partial charge in [0.25, 0.3) is 11.8 Å². The molecule has 8 heteroatoms. The molecule has 3 rings (SSSR count). The SMILES string of the molecule is COc1cc(/C=C2/C(=O)NC(=O)N(C3CCCCC3)C2=O)cc(Cl)c1O. The first-order chi connectivity index (χ1) is 12.4. The lowest BCUT2D eigenvalue weighted by Crippen LogP contribution is -2.58. The van der Waals surface area contributed by atoms with Crippen LogP contribution in [0.4, 0.5) is 4.79 Å².